The number of pyridine rings is 2. The topological polar surface area (TPSA) is 69.2 Å². The minimum Gasteiger partial charge on any atom is -0.393 e. The van der Waals surface area contributed by atoms with E-state index in [0.29, 0.717) is 17.5 Å². The van der Waals surface area contributed by atoms with E-state index in [2.05, 4.69) is 14.9 Å². The predicted molar refractivity (Wildman–Crippen MR) is 89.4 cm³/mol. The summed E-state index contributed by atoms with van der Waals surface area (Å²) in [5.74, 6) is 0. The number of fused-ring (bicyclic) bond motifs is 3. The fourth-order valence-electron chi connectivity index (χ4n) is 4.34. The molecule has 5 nitrogen and oxygen atoms in total. The van der Waals surface area contributed by atoms with Gasteiger partial charge in [0.2, 0.25) is 0 Å². The van der Waals surface area contributed by atoms with Crippen LogP contribution in [0.3, 0.4) is 0 Å². The number of aryl methyl sites for hydroxylation is 1. The van der Waals surface area contributed by atoms with E-state index in [9.17, 15) is 9.90 Å². The normalized spacial score (nSPS) is 27.6. The molecule has 2 fully saturated rings. The molecule has 2 saturated heterocycles. The van der Waals surface area contributed by atoms with Crippen LogP contribution in [0.4, 0.5) is 0 Å². The third-order valence-electron chi connectivity index (χ3n) is 5.39. The lowest BCUT2D eigenvalue weighted by Crippen LogP contribution is -2.45. The quantitative estimate of drug-likeness (QED) is 0.904. The number of hydrogen-bond donors (Lipinski definition) is 2. The summed E-state index contributed by atoms with van der Waals surface area (Å²) >= 11 is 0. The Balaban J connectivity index is 1.41. The van der Waals surface area contributed by atoms with Crippen molar-refractivity contribution in [2.24, 2.45) is 0 Å². The fourth-order valence-corrected chi connectivity index (χ4v) is 4.34. The molecule has 122 valence electrons. The highest BCUT2D eigenvalue weighted by atomic mass is 16.3. The fraction of sp³-hybridized carbons (Fsp3) is 0.556. The molecule has 2 aromatic heterocycles. The van der Waals surface area contributed by atoms with Gasteiger partial charge in [0.05, 0.1) is 17.0 Å². The Kier molecular flexibility index (Phi) is 3.91. The van der Waals surface area contributed by atoms with Gasteiger partial charge in [-0.1, -0.05) is 0 Å². The highest BCUT2D eigenvalue weighted by Gasteiger charge is 2.39. The summed E-state index contributed by atoms with van der Waals surface area (Å²) in [5, 5.41) is 10.5. The summed E-state index contributed by atoms with van der Waals surface area (Å²) in [6, 6.07) is 6.70. The maximum absolute atomic E-state index is 12.1. The molecule has 0 amide bonds. The standard InChI is InChI=1S/C18H23N3O2/c22-15-10-13-5-6-14(11-15)21(13)8-2-3-12-9-17-16(18(23)20-12)4-1-7-19-17/h1,4,7,9,13-15,22H,2-3,5-6,8,10-11H2,(H,20,23). The van der Waals surface area contributed by atoms with Crippen molar-refractivity contribution in [1.29, 1.82) is 0 Å². The van der Waals surface area contributed by atoms with Crippen LogP contribution in [0.15, 0.2) is 29.2 Å². The number of nitrogens with one attached hydrogen (secondary N) is 1. The van der Waals surface area contributed by atoms with Crippen molar-refractivity contribution < 1.29 is 5.11 Å². The van der Waals surface area contributed by atoms with Crippen molar-refractivity contribution >= 4 is 10.9 Å². The lowest BCUT2D eigenvalue weighted by atomic mass is 9.99. The Morgan fingerprint density at radius 2 is 2.09 bits per heavy atom. The van der Waals surface area contributed by atoms with Gasteiger partial charge in [0.15, 0.2) is 0 Å². The number of piperidine rings is 1. The molecule has 4 rings (SSSR count). The second kappa shape index (κ2) is 6.06. The molecule has 2 N–H and O–H groups in total. The van der Waals surface area contributed by atoms with Crippen LogP contribution in [-0.4, -0.2) is 44.7 Å². The maximum atomic E-state index is 12.1. The minimum atomic E-state index is -0.105. The van der Waals surface area contributed by atoms with Gasteiger partial charge in [-0.25, -0.2) is 0 Å². The first-order valence-corrected chi connectivity index (χ1v) is 8.61. The Morgan fingerprint density at radius 1 is 1.30 bits per heavy atom. The Bertz CT molecular complexity index is 743. The molecule has 0 radical (unpaired) electrons. The van der Waals surface area contributed by atoms with Crippen molar-refractivity contribution in [2.45, 2.75) is 56.7 Å². The van der Waals surface area contributed by atoms with E-state index in [0.717, 1.165) is 43.4 Å². The lowest BCUT2D eigenvalue weighted by Gasteiger charge is -2.37. The van der Waals surface area contributed by atoms with Crippen molar-refractivity contribution in [2.75, 3.05) is 6.54 Å². The zero-order valence-electron chi connectivity index (χ0n) is 13.2. The van der Waals surface area contributed by atoms with Gasteiger partial charge in [0.1, 0.15) is 0 Å². The van der Waals surface area contributed by atoms with E-state index >= 15 is 0 Å². The molecule has 0 spiro atoms. The first kappa shape index (κ1) is 14.8. The second-order valence-corrected chi connectivity index (χ2v) is 6.91. The summed E-state index contributed by atoms with van der Waals surface area (Å²) in [6.07, 6.45) is 7.80. The number of rotatable bonds is 4. The molecule has 2 aromatic rings. The third kappa shape index (κ3) is 2.91. The third-order valence-corrected chi connectivity index (χ3v) is 5.39. The summed E-state index contributed by atoms with van der Waals surface area (Å²) < 4.78 is 0. The molecule has 0 aromatic carbocycles. The van der Waals surface area contributed by atoms with Crippen LogP contribution in [0.2, 0.25) is 0 Å². The van der Waals surface area contributed by atoms with Gasteiger partial charge in [0, 0.05) is 24.0 Å². The van der Waals surface area contributed by atoms with Gasteiger partial charge >= 0.3 is 0 Å². The van der Waals surface area contributed by atoms with Crippen LogP contribution in [0, 0.1) is 0 Å². The van der Waals surface area contributed by atoms with Crippen LogP contribution in [0.1, 0.15) is 37.8 Å². The van der Waals surface area contributed by atoms with E-state index in [1.807, 2.05) is 12.1 Å². The average molecular weight is 313 g/mol. The molecular formula is C18H23N3O2. The number of H-pyrrole nitrogens is 1. The van der Waals surface area contributed by atoms with Gasteiger partial charge < -0.3 is 10.1 Å². The van der Waals surface area contributed by atoms with E-state index in [4.69, 9.17) is 0 Å². The lowest BCUT2D eigenvalue weighted by molar-refractivity contribution is 0.0350. The molecule has 2 unspecified atom stereocenters. The molecule has 5 heteroatoms. The van der Waals surface area contributed by atoms with Gasteiger partial charge in [-0.2, -0.15) is 0 Å². The Morgan fingerprint density at radius 3 is 2.87 bits per heavy atom. The number of aliphatic hydroxyl groups excluding tert-OH is 1. The summed E-state index contributed by atoms with van der Waals surface area (Å²) in [5.41, 5.74) is 1.68. The Labute approximate surface area is 135 Å². The van der Waals surface area contributed by atoms with Gasteiger partial charge in [-0.3, -0.25) is 14.7 Å². The highest BCUT2D eigenvalue weighted by Crippen LogP contribution is 2.35. The molecule has 0 saturated carbocycles. The molecule has 2 aliphatic rings. The van der Waals surface area contributed by atoms with E-state index in [1.54, 1.807) is 12.3 Å². The number of aromatic nitrogens is 2. The molecule has 4 heterocycles. The molecule has 23 heavy (non-hydrogen) atoms. The number of aliphatic hydroxyl groups is 1. The highest BCUT2D eigenvalue weighted by molar-refractivity contribution is 5.77. The van der Waals surface area contributed by atoms with Crippen LogP contribution in [0.25, 0.3) is 10.9 Å². The zero-order chi connectivity index (χ0) is 15.8. The van der Waals surface area contributed by atoms with Crippen LogP contribution >= 0.6 is 0 Å². The number of nitrogens with zero attached hydrogens (tertiary/aromatic N) is 2. The smallest absolute Gasteiger partial charge is 0.257 e. The number of aromatic amines is 1. The summed E-state index contributed by atoms with van der Waals surface area (Å²) in [7, 11) is 0. The molecular weight excluding hydrogens is 290 g/mol. The summed E-state index contributed by atoms with van der Waals surface area (Å²) in [4.78, 5) is 21.9. The van der Waals surface area contributed by atoms with Gasteiger partial charge in [-0.05, 0) is 63.3 Å². The van der Waals surface area contributed by atoms with Gasteiger partial charge in [-0.15, -0.1) is 0 Å². The first-order valence-electron chi connectivity index (χ1n) is 8.61. The average Bonchev–Trinajstić information content (AvgIpc) is 2.78. The van der Waals surface area contributed by atoms with Crippen molar-refractivity contribution in [3.05, 3.63) is 40.4 Å². The largest absolute Gasteiger partial charge is 0.393 e. The zero-order valence-corrected chi connectivity index (χ0v) is 13.2. The van der Waals surface area contributed by atoms with Crippen molar-refractivity contribution in [3.8, 4) is 0 Å². The SMILES string of the molecule is O=c1[nH]c(CCCN2C3CCC2CC(O)C3)cc2ncccc12. The maximum Gasteiger partial charge on any atom is 0.257 e. The minimum absolute atomic E-state index is 0.0493. The van der Waals surface area contributed by atoms with Crippen molar-refractivity contribution in [3.63, 3.8) is 0 Å². The summed E-state index contributed by atoms with van der Waals surface area (Å²) in [6.45, 7) is 1.05. The van der Waals surface area contributed by atoms with E-state index in [1.165, 1.54) is 12.8 Å². The molecule has 2 bridgehead atoms. The molecule has 2 aliphatic heterocycles. The van der Waals surface area contributed by atoms with E-state index in [-0.39, 0.29) is 11.7 Å². The van der Waals surface area contributed by atoms with E-state index < -0.39 is 0 Å². The molecule has 2 atom stereocenters. The number of hydrogen-bond acceptors (Lipinski definition) is 4. The van der Waals surface area contributed by atoms with Crippen LogP contribution < -0.4 is 5.56 Å². The van der Waals surface area contributed by atoms with Gasteiger partial charge in [0.25, 0.3) is 5.56 Å². The van der Waals surface area contributed by atoms with Crippen molar-refractivity contribution in [1.82, 2.24) is 14.9 Å². The monoisotopic (exact) mass is 313 g/mol. The molecule has 0 aliphatic carbocycles. The first-order chi connectivity index (χ1) is 11.2. The van der Waals surface area contributed by atoms with Crippen LogP contribution in [-0.2, 0) is 6.42 Å². The Hall–Kier alpha value is -1.72. The second-order valence-electron chi connectivity index (χ2n) is 6.91. The van der Waals surface area contributed by atoms with Crippen LogP contribution in [0.5, 0.6) is 0 Å². The predicted octanol–water partition coefficient (Wildman–Crippen LogP) is 1.84.